The predicted molar refractivity (Wildman–Crippen MR) is 74.2 cm³/mol. The summed E-state index contributed by atoms with van der Waals surface area (Å²) in [5.41, 5.74) is 0.793. The number of hydrogen-bond acceptors (Lipinski definition) is 2. The van der Waals surface area contributed by atoms with Gasteiger partial charge in [-0.2, -0.15) is 0 Å². The number of rotatable bonds is 6. The fourth-order valence-electron chi connectivity index (χ4n) is 1.76. The van der Waals surface area contributed by atoms with Crippen LogP contribution in [-0.2, 0) is 4.79 Å². The summed E-state index contributed by atoms with van der Waals surface area (Å²) in [5, 5.41) is 13.8. The van der Waals surface area contributed by atoms with Crippen LogP contribution in [0.2, 0.25) is 0 Å². The van der Waals surface area contributed by atoms with Gasteiger partial charge in [-0.05, 0) is 38.8 Å². The van der Waals surface area contributed by atoms with Crippen LogP contribution < -0.4 is 10.6 Å². The molecule has 2 amide bonds. The largest absolute Gasteiger partial charge is 0.481 e. The normalized spacial score (nSPS) is 11.8. The molecule has 20 heavy (non-hydrogen) atoms. The van der Waals surface area contributed by atoms with Crippen LogP contribution in [0.5, 0.6) is 0 Å². The molecule has 0 bridgehead atoms. The Morgan fingerprint density at radius 2 is 2.10 bits per heavy atom. The second-order valence-corrected chi connectivity index (χ2v) is 4.70. The zero-order valence-electron chi connectivity index (χ0n) is 11.6. The van der Waals surface area contributed by atoms with E-state index in [-0.39, 0.29) is 18.3 Å². The number of amides is 2. The molecule has 1 unspecified atom stereocenters. The highest BCUT2D eigenvalue weighted by atomic mass is 19.1. The number of benzene rings is 1. The monoisotopic (exact) mass is 282 g/mol. The van der Waals surface area contributed by atoms with Gasteiger partial charge < -0.3 is 15.7 Å². The number of halogens is 1. The lowest BCUT2D eigenvalue weighted by Crippen LogP contribution is -2.36. The summed E-state index contributed by atoms with van der Waals surface area (Å²) in [5.74, 6) is -1.23. The molecule has 1 rings (SSSR count). The maximum absolute atomic E-state index is 13.3. The van der Waals surface area contributed by atoms with Crippen LogP contribution in [0, 0.1) is 12.7 Å². The van der Waals surface area contributed by atoms with Crippen molar-refractivity contribution in [3.05, 3.63) is 29.6 Å². The predicted octanol–water partition coefficient (Wildman–Crippen LogP) is 2.90. The van der Waals surface area contributed by atoms with Crippen molar-refractivity contribution in [2.24, 2.45) is 0 Å². The maximum atomic E-state index is 13.3. The van der Waals surface area contributed by atoms with Gasteiger partial charge in [-0.1, -0.05) is 6.07 Å². The van der Waals surface area contributed by atoms with E-state index in [2.05, 4.69) is 10.6 Å². The number of aliphatic carboxylic acids is 1. The van der Waals surface area contributed by atoms with E-state index in [4.69, 9.17) is 5.11 Å². The Morgan fingerprint density at radius 3 is 2.75 bits per heavy atom. The molecule has 5 nitrogen and oxygen atoms in total. The first-order valence-corrected chi connectivity index (χ1v) is 6.44. The lowest BCUT2D eigenvalue weighted by Gasteiger charge is -2.15. The molecule has 0 saturated carbocycles. The smallest absolute Gasteiger partial charge is 0.319 e. The molecule has 0 aromatic heterocycles. The number of carbonyl (C=O) groups excluding carboxylic acids is 1. The third-order valence-corrected chi connectivity index (χ3v) is 2.92. The molecular weight excluding hydrogens is 263 g/mol. The highest BCUT2D eigenvalue weighted by Crippen LogP contribution is 2.17. The average Bonchev–Trinajstić information content (AvgIpc) is 2.34. The summed E-state index contributed by atoms with van der Waals surface area (Å²) in [6, 6.07) is 3.89. The average molecular weight is 282 g/mol. The summed E-state index contributed by atoms with van der Waals surface area (Å²) in [4.78, 5) is 22.1. The number of carboxylic acid groups (broad SMARTS) is 1. The molecule has 0 aliphatic heterocycles. The van der Waals surface area contributed by atoms with Crippen LogP contribution in [0.25, 0.3) is 0 Å². The van der Waals surface area contributed by atoms with Crippen molar-refractivity contribution < 1.29 is 19.1 Å². The van der Waals surface area contributed by atoms with E-state index in [9.17, 15) is 14.0 Å². The van der Waals surface area contributed by atoms with Gasteiger partial charge in [0.05, 0.1) is 0 Å². The van der Waals surface area contributed by atoms with Crippen LogP contribution in [0.4, 0.5) is 14.9 Å². The Balaban J connectivity index is 2.43. The van der Waals surface area contributed by atoms with Crippen LogP contribution in [-0.4, -0.2) is 23.1 Å². The Bertz CT molecular complexity index is 491. The molecule has 0 spiro atoms. The van der Waals surface area contributed by atoms with E-state index in [0.29, 0.717) is 24.1 Å². The quantitative estimate of drug-likeness (QED) is 0.750. The number of urea groups is 1. The molecule has 110 valence electrons. The summed E-state index contributed by atoms with van der Waals surface area (Å²) >= 11 is 0. The molecule has 0 aliphatic rings. The van der Waals surface area contributed by atoms with Gasteiger partial charge in [-0.15, -0.1) is 0 Å². The topological polar surface area (TPSA) is 78.4 Å². The maximum Gasteiger partial charge on any atom is 0.319 e. The van der Waals surface area contributed by atoms with E-state index < -0.39 is 12.0 Å². The number of nitrogens with one attached hydrogen (secondary N) is 2. The van der Waals surface area contributed by atoms with Crippen LogP contribution in [0.15, 0.2) is 18.2 Å². The van der Waals surface area contributed by atoms with Crippen molar-refractivity contribution in [2.75, 3.05) is 5.32 Å². The van der Waals surface area contributed by atoms with Gasteiger partial charge in [-0.25, -0.2) is 9.18 Å². The van der Waals surface area contributed by atoms with Crippen molar-refractivity contribution in [1.82, 2.24) is 5.32 Å². The lowest BCUT2D eigenvalue weighted by molar-refractivity contribution is -0.137. The Kier molecular flexibility index (Phi) is 5.96. The van der Waals surface area contributed by atoms with E-state index in [0.717, 1.165) is 0 Å². The SMILES string of the molecule is Cc1c(F)cccc1NC(=O)NC(C)CCCC(=O)O. The van der Waals surface area contributed by atoms with Crippen molar-refractivity contribution in [2.45, 2.75) is 39.2 Å². The summed E-state index contributed by atoms with van der Waals surface area (Å²) in [6.45, 7) is 3.38. The van der Waals surface area contributed by atoms with Gasteiger partial charge in [0.2, 0.25) is 0 Å². The third kappa shape index (κ3) is 5.26. The molecule has 1 atom stereocenters. The molecule has 0 heterocycles. The molecule has 6 heteroatoms. The minimum Gasteiger partial charge on any atom is -0.481 e. The highest BCUT2D eigenvalue weighted by Gasteiger charge is 2.10. The first-order valence-electron chi connectivity index (χ1n) is 6.44. The third-order valence-electron chi connectivity index (χ3n) is 2.92. The zero-order chi connectivity index (χ0) is 15.1. The second kappa shape index (κ2) is 7.47. The number of carbonyl (C=O) groups is 2. The van der Waals surface area contributed by atoms with E-state index >= 15 is 0 Å². The number of carboxylic acids is 1. The first kappa shape index (κ1) is 15.9. The molecule has 0 radical (unpaired) electrons. The molecule has 0 fully saturated rings. The van der Waals surface area contributed by atoms with Crippen molar-refractivity contribution in [3.8, 4) is 0 Å². The molecule has 3 N–H and O–H groups in total. The van der Waals surface area contributed by atoms with Crippen LogP contribution >= 0.6 is 0 Å². The fraction of sp³-hybridized carbons (Fsp3) is 0.429. The van der Waals surface area contributed by atoms with Gasteiger partial charge in [0.15, 0.2) is 0 Å². The highest BCUT2D eigenvalue weighted by molar-refractivity contribution is 5.90. The van der Waals surface area contributed by atoms with Crippen LogP contribution in [0.3, 0.4) is 0 Å². The van der Waals surface area contributed by atoms with Gasteiger partial charge in [0.1, 0.15) is 5.82 Å². The minimum atomic E-state index is -0.850. The van der Waals surface area contributed by atoms with Crippen molar-refractivity contribution in [3.63, 3.8) is 0 Å². The zero-order valence-corrected chi connectivity index (χ0v) is 11.6. The van der Waals surface area contributed by atoms with E-state index in [1.165, 1.54) is 12.1 Å². The first-order chi connectivity index (χ1) is 9.40. The number of anilines is 1. The molecule has 0 aliphatic carbocycles. The Hall–Kier alpha value is -2.11. The summed E-state index contributed by atoms with van der Waals surface area (Å²) in [7, 11) is 0. The minimum absolute atomic E-state index is 0.0800. The van der Waals surface area contributed by atoms with Gasteiger partial charge in [0, 0.05) is 23.7 Å². The Morgan fingerprint density at radius 1 is 1.40 bits per heavy atom. The van der Waals surface area contributed by atoms with Gasteiger partial charge in [0.25, 0.3) is 0 Å². The molecule has 1 aromatic carbocycles. The van der Waals surface area contributed by atoms with Gasteiger partial charge in [-0.3, -0.25) is 4.79 Å². The number of hydrogen-bond donors (Lipinski definition) is 3. The second-order valence-electron chi connectivity index (χ2n) is 4.70. The van der Waals surface area contributed by atoms with E-state index in [1.54, 1.807) is 19.9 Å². The van der Waals surface area contributed by atoms with Crippen LogP contribution in [0.1, 0.15) is 31.7 Å². The standard InChI is InChI=1S/C14H19FN2O3/c1-9(5-3-8-13(18)19)16-14(20)17-12-7-4-6-11(15)10(12)2/h4,6-7,9H,3,5,8H2,1-2H3,(H,18,19)(H2,16,17,20). The van der Waals surface area contributed by atoms with E-state index in [1.807, 2.05) is 0 Å². The fourth-order valence-corrected chi connectivity index (χ4v) is 1.76. The molecule has 1 aromatic rings. The summed E-state index contributed by atoms with van der Waals surface area (Å²) in [6.07, 6.45) is 1.15. The van der Waals surface area contributed by atoms with Crippen molar-refractivity contribution >= 4 is 17.7 Å². The molecular formula is C14H19FN2O3. The Labute approximate surface area is 117 Å². The van der Waals surface area contributed by atoms with Crippen molar-refractivity contribution in [1.29, 1.82) is 0 Å². The lowest BCUT2D eigenvalue weighted by atomic mass is 10.1. The molecule has 0 saturated heterocycles. The van der Waals surface area contributed by atoms with Gasteiger partial charge >= 0.3 is 12.0 Å². The summed E-state index contributed by atoms with van der Waals surface area (Å²) < 4.78 is 13.3.